The number of hydrogen-bond donors (Lipinski definition) is 10. The lowest BCUT2D eigenvalue weighted by Gasteiger charge is -2.24. The number of nitrogens with one attached hydrogen (secondary N) is 3. The number of guanidine groups is 1. The lowest BCUT2D eigenvalue weighted by atomic mass is 10.1. The highest BCUT2D eigenvalue weighted by atomic mass is 32.1. The molecule has 0 aromatic rings. The van der Waals surface area contributed by atoms with Crippen LogP contribution in [0.15, 0.2) is 4.99 Å². The number of aliphatic imine (C=N–C) groups is 1. The molecule has 0 aromatic heterocycles. The van der Waals surface area contributed by atoms with Gasteiger partial charge >= 0.3 is 5.97 Å². The summed E-state index contributed by atoms with van der Waals surface area (Å²) in [7, 11) is 0. The number of rotatable bonds is 15. The number of thiol groups is 1. The molecule has 0 aliphatic rings. The molecule has 0 saturated heterocycles. The van der Waals surface area contributed by atoms with E-state index in [1.807, 2.05) is 0 Å². The maximum Gasteiger partial charge on any atom is 0.327 e. The highest BCUT2D eigenvalue weighted by Gasteiger charge is 2.30. The molecule has 0 aliphatic carbocycles. The van der Waals surface area contributed by atoms with Gasteiger partial charge in [-0.15, -0.1) is 0 Å². The van der Waals surface area contributed by atoms with E-state index >= 15 is 0 Å². The lowest BCUT2D eigenvalue weighted by Crippen LogP contribution is -2.58. The Morgan fingerprint density at radius 1 is 0.906 bits per heavy atom. The summed E-state index contributed by atoms with van der Waals surface area (Å²) in [5, 5.41) is 24.8. The highest BCUT2D eigenvalue weighted by Crippen LogP contribution is 2.03. The van der Waals surface area contributed by atoms with Gasteiger partial charge < -0.3 is 49.1 Å². The molecule has 0 saturated carbocycles. The quantitative estimate of drug-likeness (QED) is 0.0461. The van der Waals surface area contributed by atoms with Gasteiger partial charge in [-0.25, -0.2) is 4.79 Å². The third-order valence-corrected chi connectivity index (χ3v) is 4.31. The molecular formula is C16H30N8O7S. The van der Waals surface area contributed by atoms with Crippen LogP contribution in [0.5, 0.6) is 0 Å². The van der Waals surface area contributed by atoms with Gasteiger partial charge in [-0.05, 0) is 12.8 Å². The second-order valence-corrected chi connectivity index (χ2v) is 6.98. The fourth-order valence-electron chi connectivity index (χ4n) is 2.27. The Kier molecular flexibility index (Phi) is 13.4. The van der Waals surface area contributed by atoms with Crippen LogP contribution in [0.2, 0.25) is 0 Å². The van der Waals surface area contributed by atoms with Crippen LogP contribution >= 0.6 is 12.6 Å². The van der Waals surface area contributed by atoms with Crippen molar-refractivity contribution in [2.45, 2.75) is 43.4 Å². The van der Waals surface area contributed by atoms with Crippen LogP contribution in [0.1, 0.15) is 19.3 Å². The van der Waals surface area contributed by atoms with Crippen molar-refractivity contribution in [3.05, 3.63) is 0 Å². The third kappa shape index (κ3) is 11.3. The SMILES string of the molecule is NC(=O)CC(NC(=O)C(N)CO)C(=O)NC(CCCN=C(N)N)C(=O)NC(CS)C(=O)O. The number of carboxylic acids is 1. The predicted molar refractivity (Wildman–Crippen MR) is 116 cm³/mol. The van der Waals surface area contributed by atoms with Gasteiger partial charge in [-0.3, -0.25) is 24.2 Å². The summed E-state index contributed by atoms with van der Waals surface area (Å²) in [4.78, 5) is 63.3. The van der Waals surface area contributed by atoms with Gasteiger partial charge in [0.05, 0.1) is 13.0 Å². The van der Waals surface area contributed by atoms with Gasteiger partial charge in [0, 0.05) is 12.3 Å². The fourth-order valence-corrected chi connectivity index (χ4v) is 2.52. The number of primary amides is 1. The van der Waals surface area contributed by atoms with E-state index in [9.17, 15) is 24.0 Å². The number of aliphatic hydroxyl groups is 1. The van der Waals surface area contributed by atoms with Crippen LogP contribution in [0, 0.1) is 0 Å². The number of carboxylic acid groups (broad SMARTS) is 1. The van der Waals surface area contributed by atoms with Crippen LogP contribution in [-0.2, 0) is 24.0 Å². The van der Waals surface area contributed by atoms with E-state index in [4.69, 9.17) is 33.1 Å². The van der Waals surface area contributed by atoms with Crippen molar-refractivity contribution in [1.82, 2.24) is 16.0 Å². The standard InChI is InChI=1S/C16H30N8O7S/c17-7(5-25)12(27)23-9(4-11(18)26)14(29)22-8(2-1-3-21-16(19)20)13(28)24-10(6-32)15(30)31/h7-10,25,32H,1-6,17H2,(H2,18,26)(H,22,29)(H,23,27)(H,24,28)(H,30,31)(H4,19,20,21). The molecule has 4 unspecified atom stereocenters. The Morgan fingerprint density at radius 3 is 1.91 bits per heavy atom. The molecular weight excluding hydrogens is 448 g/mol. The third-order valence-electron chi connectivity index (χ3n) is 3.95. The van der Waals surface area contributed by atoms with Crippen LogP contribution in [0.3, 0.4) is 0 Å². The van der Waals surface area contributed by atoms with E-state index in [0.29, 0.717) is 0 Å². The Morgan fingerprint density at radius 2 is 1.44 bits per heavy atom. The number of hydrogen-bond acceptors (Lipinski definition) is 9. The summed E-state index contributed by atoms with van der Waals surface area (Å²) >= 11 is 3.85. The second-order valence-electron chi connectivity index (χ2n) is 6.61. The molecule has 0 spiro atoms. The van der Waals surface area contributed by atoms with Crippen molar-refractivity contribution in [2.75, 3.05) is 18.9 Å². The molecule has 0 radical (unpaired) electrons. The molecule has 0 bridgehead atoms. The Labute approximate surface area is 189 Å². The van der Waals surface area contributed by atoms with E-state index in [-0.39, 0.29) is 31.1 Å². The van der Waals surface area contributed by atoms with E-state index in [0.717, 1.165) is 0 Å². The Hall–Kier alpha value is -3.11. The van der Waals surface area contributed by atoms with Gasteiger partial charge in [-0.2, -0.15) is 12.6 Å². The molecule has 4 amide bonds. The van der Waals surface area contributed by atoms with Gasteiger partial charge in [-0.1, -0.05) is 0 Å². The van der Waals surface area contributed by atoms with Gasteiger partial charge in [0.1, 0.15) is 24.2 Å². The van der Waals surface area contributed by atoms with Crippen molar-refractivity contribution in [2.24, 2.45) is 27.9 Å². The van der Waals surface area contributed by atoms with Crippen LogP contribution in [-0.4, -0.2) is 88.8 Å². The molecule has 182 valence electrons. The topological polar surface area (TPSA) is 278 Å². The summed E-state index contributed by atoms with van der Waals surface area (Å²) in [6.07, 6.45) is -0.412. The molecule has 0 aromatic carbocycles. The first-order valence-corrected chi connectivity index (χ1v) is 10.0. The number of aliphatic hydroxyl groups excluding tert-OH is 1. The van der Waals surface area contributed by atoms with Crippen molar-refractivity contribution in [3.63, 3.8) is 0 Å². The zero-order valence-corrected chi connectivity index (χ0v) is 18.1. The van der Waals surface area contributed by atoms with Crippen LogP contribution < -0.4 is 38.9 Å². The van der Waals surface area contributed by atoms with Crippen molar-refractivity contribution in [3.8, 4) is 0 Å². The molecule has 4 atom stereocenters. The zero-order valence-electron chi connectivity index (χ0n) is 17.2. The van der Waals surface area contributed by atoms with Gasteiger partial charge in [0.15, 0.2) is 5.96 Å². The number of carbonyl (C=O) groups excluding carboxylic acids is 4. The first-order valence-electron chi connectivity index (χ1n) is 9.37. The number of nitrogens with two attached hydrogens (primary N) is 4. The summed E-state index contributed by atoms with van der Waals surface area (Å²) in [6.45, 7) is -0.601. The number of amides is 4. The molecule has 0 rings (SSSR count). The largest absolute Gasteiger partial charge is 0.480 e. The summed E-state index contributed by atoms with van der Waals surface area (Å²) < 4.78 is 0. The molecule has 32 heavy (non-hydrogen) atoms. The summed E-state index contributed by atoms with van der Waals surface area (Å²) in [5.41, 5.74) is 20.9. The first kappa shape index (κ1) is 28.9. The molecule has 0 fully saturated rings. The molecule has 0 aliphatic heterocycles. The number of carbonyl (C=O) groups is 5. The zero-order chi connectivity index (χ0) is 24.8. The smallest absolute Gasteiger partial charge is 0.327 e. The predicted octanol–water partition coefficient (Wildman–Crippen LogP) is -5.30. The van der Waals surface area contributed by atoms with Crippen molar-refractivity contribution >= 4 is 48.2 Å². The monoisotopic (exact) mass is 478 g/mol. The first-order chi connectivity index (χ1) is 14.9. The van der Waals surface area contributed by atoms with Crippen LogP contribution in [0.25, 0.3) is 0 Å². The normalized spacial score (nSPS) is 14.2. The lowest BCUT2D eigenvalue weighted by molar-refractivity contribution is -0.141. The summed E-state index contributed by atoms with van der Waals surface area (Å²) in [6, 6.07) is -5.45. The average molecular weight is 479 g/mol. The fraction of sp³-hybridized carbons (Fsp3) is 0.625. The van der Waals surface area contributed by atoms with Crippen molar-refractivity contribution in [1.29, 1.82) is 0 Å². The molecule has 15 nitrogen and oxygen atoms in total. The van der Waals surface area contributed by atoms with E-state index < -0.39 is 66.8 Å². The Balaban J connectivity index is 5.49. The van der Waals surface area contributed by atoms with Crippen molar-refractivity contribution < 1.29 is 34.2 Å². The van der Waals surface area contributed by atoms with E-state index in [1.54, 1.807) is 0 Å². The molecule has 0 heterocycles. The number of aliphatic carboxylic acids is 1. The van der Waals surface area contributed by atoms with E-state index in [2.05, 4.69) is 33.6 Å². The molecule has 16 heteroatoms. The van der Waals surface area contributed by atoms with Gasteiger partial charge in [0.2, 0.25) is 23.6 Å². The Bertz CT molecular complexity index is 717. The van der Waals surface area contributed by atoms with Crippen LogP contribution in [0.4, 0.5) is 0 Å². The highest BCUT2D eigenvalue weighted by molar-refractivity contribution is 7.80. The van der Waals surface area contributed by atoms with E-state index in [1.165, 1.54) is 0 Å². The maximum atomic E-state index is 12.7. The minimum Gasteiger partial charge on any atom is -0.480 e. The average Bonchev–Trinajstić information content (AvgIpc) is 2.71. The minimum absolute atomic E-state index is 0.0132. The second kappa shape index (κ2) is 14.8. The summed E-state index contributed by atoms with van der Waals surface area (Å²) in [5.74, 6) is -5.39. The minimum atomic E-state index is -1.49. The number of nitrogens with zero attached hydrogens (tertiary/aromatic N) is 1. The van der Waals surface area contributed by atoms with Gasteiger partial charge in [0.25, 0.3) is 0 Å². The maximum absolute atomic E-state index is 12.7. The molecule has 13 N–H and O–H groups in total.